The second-order valence-electron chi connectivity index (χ2n) is 2.20. The van der Waals surface area contributed by atoms with Gasteiger partial charge in [0, 0.05) is 6.61 Å². The van der Waals surface area contributed by atoms with Crippen LogP contribution in [0.4, 0.5) is 0 Å². The first-order valence-corrected chi connectivity index (χ1v) is 4.57. The maximum Gasteiger partial charge on any atom is 0.0987 e. The SMILES string of the molecule is CC.CCCN(C)COCC. The van der Waals surface area contributed by atoms with E-state index in [-0.39, 0.29) is 0 Å². The van der Waals surface area contributed by atoms with Gasteiger partial charge < -0.3 is 4.74 Å². The molecule has 0 N–H and O–H groups in total. The summed E-state index contributed by atoms with van der Waals surface area (Å²) in [6.45, 7) is 10.9. The monoisotopic (exact) mass is 161 g/mol. The molecular weight excluding hydrogens is 138 g/mol. The molecule has 0 radical (unpaired) electrons. The highest BCUT2D eigenvalue weighted by Crippen LogP contribution is 1.85. The topological polar surface area (TPSA) is 12.5 Å². The third-order valence-electron chi connectivity index (χ3n) is 1.12. The van der Waals surface area contributed by atoms with Crippen LogP contribution in [-0.2, 0) is 4.74 Å². The van der Waals surface area contributed by atoms with Crippen molar-refractivity contribution in [3.8, 4) is 0 Å². The first-order chi connectivity index (χ1) is 5.31. The molecule has 0 bridgehead atoms. The van der Waals surface area contributed by atoms with Gasteiger partial charge in [0.1, 0.15) is 0 Å². The molecule has 0 amide bonds. The molecule has 0 aliphatic rings. The van der Waals surface area contributed by atoms with Crippen molar-refractivity contribution in [3.05, 3.63) is 0 Å². The van der Waals surface area contributed by atoms with Crippen LogP contribution in [0.2, 0.25) is 0 Å². The van der Waals surface area contributed by atoms with E-state index in [1.54, 1.807) is 0 Å². The second kappa shape index (κ2) is 12.6. The van der Waals surface area contributed by atoms with Crippen LogP contribution in [0, 0.1) is 0 Å². The molecule has 0 atom stereocenters. The summed E-state index contributed by atoms with van der Waals surface area (Å²) in [6, 6.07) is 0. The average Bonchev–Trinajstić information content (AvgIpc) is 2.05. The van der Waals surface area contributed by atoms with Crippen LogP contribution in [0.5, 0.6) is 0 Å². The Bertz CT molecular complexity index is 57.5. The Kier molecular flexibility index (Phi) is 15.4. The largest absolute Gasteiger partial charge is 0.366 e. The molecule has 2 heteroatoms. The summed E-state index contributed by atoms with van der Waals surface area (Å²) >= 11 is 0. The molecule has 0 spiro atoms. The van der Waals surface area contributed by atoms with Gasteiger partial charge in [0.15, 0.2) is 0 Å². The molecule has 0 unspecified atom stereocenters. The molecule has 0 heterocycles. The van der Waals surface area contributed by atoms with Crippen LogP contribution in [0.1, 0.15) is 34.1 Å². The average molecular weight is 161 g/mol. The standard InChI is InChI=1S/C7H17NO.C2H6/c1-4-6-8(3)7-9-5-2;1-2/h4-7H2,1-3H3;1-2H3. The number of hydrogen-bond acceptors (Lipinski definition) is 2. The summed E-state index contributed by atoms with van der Waals surface area (Å²) in [7, 11) is 2.07. The highest BCUT2D eigenvalue weighted by atomic mass is 16.5. The van der Waals surface area contributed by atoms with Gasteiger partial charge in [-0.1, -0.05) is 20.8 Å². The van der Waals surface area contributed by atoms with E-state index >= 15 is 0 Å². The molecule has 0 aliphatic heterocycles. The van der Waals surface area contributed by atoms with Crippen molar-refractivity contribution in [1.29, 1.82) is 0 Å². The van der Waals surface area contributed by atoms with Crippen molar-refractivity contribution >= 4 is 0 Å². The van der Waals surface area contributed by atoms with Crippen LogP contribution < -0.4 is 0 Å². The minimum Gasteiger partial charge on any atom is -0.366 e. The number of nitrogens with zero attached hydrogens (tertiary/aromatic N) is 1. The van der Waals surface area contributed by atoms with Crippen LogP contribution >= 0.6 is 0 Å². The molecule has 0 aromatic carbocycles. The molecule has 0 aromatic rings. The lowest BCUT2D eigenvalue weighted by atomic mass is 10.5. The Labute approximate surface area is 71.5 Å². The van der Waals surface area contributed by atoms with Gasteiger partial charge in [-0.2, -0.15) is 0 Å². The van der Waals surface area contributed by atoms with E-state index in [2.05, 4.69) is 18.9 Å². The van der Waals surface area contributed by atoms with Crippen molar-refractivity contribution in [2.24, 2.45) is 0 Å². The fraction of sp³-hybridized carbons (Fsp3) is 1.00. The minimum absolute atomic E-state index is 0.768. The Morgan fingerprint density at radius 3 is 2.09 bits per heavy atom. The molecule has 2 nitrogen and oxygen atoms in total. The molecule has 0 rings (SSSR count). The zero-order valence-electron chi connectivity index (χ0n) is 8.68. The van der Waals surface area contributed by atoms with Gasteiger partial charge in [0.25, 0.3) is 0 Å². The van der Waals surface area contributed by atoms with Crippen LogP contribution in [-0.4, -0.2) is 31.8 Å². The zero-order valence-corrected chi connectivity index (χ0v) is 8.68. The fourth-order valence-electron chi connectivity index (χ4n) is 0.693. The lowest BCUT2D eigenvalue weighted by Gasteiger charge is -2.13. The summed E-state index contributed by atoms with van der Waals surface area (Å²) < 4.78 is 5.17. The minimum atomic E-state index is 0.768. The molecular formula is C9H23NO. The Morgan fingerprint density at radius 1 is 1.18 bits per heavy atom. The van der Waals surface area contributed by atoms with Crippen molar-refractivity contribution in [2.75, 3.05) is 26.9 Å². The summed E-state index contributed by atoms with van der Waals surface area (Å²) in [5.74, 6) is 0. The smallest absolute Gasteiger partial charge is 0.0987 e. The van der Waals surface area contributed by atoms with E-state index in [1.165, 1.54) is 6.42 Å². The predicted molar refractivity (Wildman–Crippen MR) is 50.8 cm³/mol. The third kappa shape index (κ3) is 13.0. The predicted octanol–water partition coefficient (Wildman–Crippen LogP) is 2.35. The maximum absolute atomic E-state index is 5.17. The van der Waals surface area contributed by atoms with Gasteiger partial charge in [-0.15, -0.1) is 0 Å². The van der Waals surface area contributed by atoms with E-state index < -0.39 is 0 Å². The van der Waals surface area contributed by atoms with E-state index in [0.717, 1.165) is 19.9 Å². The second-order valence-corrected chi connectivity index (χ2v) is 2.20. The number of ether oxygens (including phenoxy) is 1. The normalized spacial score (nSPS) is 9.27. The number of hydrogen-bond donors (Lipinski definition) is 0. The first kappa shape index (κ1) is 13.5. The van der Waals surface area contributed by atoms with E-state index in [1.807, 2.05) is 20.8 Å². The first-order valence-electron chi connectivity index (χ1n) is 4.57. The van der Waals surface area contributed by atoms with Gasteiger partial charge in [0.2, 0.25) is 0 Å². The molecule has 11 heavy (non-hydrogen) atoms. The van der Waals surface area contributed by atoms with Gasteiger partial charge in [-0.25, -0.2) is 0 Å². The highest BCUT2D eigenvalue weighted by molar-refractivity contribution is 4.39. The van der Waals surface area contributed by atoms with Crippen molar-refractivity contribution in [3.63, 3.8) is 0 Å². The third-order valence-corrected chi connectivity index (χ3v) is 1.12. The van der Waals surface area contributed by atoms with E-state index in [4.69, 9.17) is 4.74 Å². The molecule has 0 aliphatic carbocycles. The quantitative estimate of drug-likeness (QED) is 0.574. The summed E-state index contributed by atoms with van der Waals surface area (Å²) in [5.41, 5.74) is 0. The molecule has 0 saturated carbocycles. The maximum atomic E-state index is 5.17. The molecule has 70 valence electrons. The Morgan fingerprint density at radius 2 is 1.73 bits per heavy atom. The summed E-state index contributed by atoms with van der Waals surface area (Å²) in [4.78, 5) is 2.17. The van der Waals surface area contributed by atoms with Crippen LogP contribution in [0.3, 0.4) is 0 Å². The zero-order chi connectivity index (χ0) is 9.11. The van der Waals surface area contributed by atoms with Gasteiger partial charge in [0.05, 0.1) is 6.73 Å². The number of rotatable bonds is 5. The lowest BCUT2D eigenvalue weighted by molar-refractivity contribution is 0.0509. The van der Waals surface area contributed by atoms with Crippen LogP contribution in [0.25, 0.3) is 0 Å². The van der Waals surface area contributed by atoms with Crippen molar-refractivity contribution < 1.29 is 4.74 Å². The fourth-order valence-corrected chi connectivity index (χ4v) is 0.693. The lowest BCUT2D eigenvalue weighted by Crippen LogP contribution is -2.22. The van der Waals surface area contributed by atoms with Gasteiger partial charge in [-0.05, 0) is 26.9 Å². The van der Waals surface area contributed by atoms with Crippen molar-refractivity contribution in [2.45, 2.75) is 34.1 Å². The Balaban J connectivity index is 0. The van der Waals surface area contributed by atoms with Gasteiger partial charge >= 0.3 is 0 Å². The molecule has 0 fully saturated rings. The Hall–Kier alpha value is -0.0800. The van der Waals surface area contributed by atoms with Gasteiger partial charge in [-0.3, -0.25) is 4.90 Å². The molecule has 0 aromatic heterocycles. The van der Waals surface area contributed by atoms with Crippen LogP contribution in [0.15, 0.2) is 0 Å². The van der Waals surface area contributed by atoms with E-state index in [0.29, 0.717) is 0 Å². The summed E-state index contributed by atoms with van der Waals surface area (Å²) in [5, 5.41) is 0. The summed E-state index contributed by atoms with van der Waals surface area (Å²) in [6.07, 6.45) is 1.20. The van der Waals surface area contributed by atoms with Crippen molar-refractivity contribution in [1.82, 2.24) is 4.90 Å². The molecule has 0 saturated heterocycles. The van der Waals surface area contributed by atoms with E-state index in [9.17, 15) is 0 Å². The highest BCUT2D eigenvalue weighted by Gasteiger charge is 1.92.